The Kier molecular flexibility index (Phi) is 3.44. The number of halogens is 1. The van der Waals surface area contributed by atoms with Crippen LogP contribution >= 0.6 is 11.6 Å². The summed E-state index contributed by atoms with van der Waals surface area (Å²) < 4.78 is 4.72. The molecule has 1 heterocycles. The van der Waals surface area contributed by atoms with Crippen LogP contribution in [0.2, 0.25) is 5.15 Å². The van der Waals surface area contributed by atoms with Gasteiger partial charge in [0.1, 0.15) is 5.15 Å². The number of esters is 1. The van der Waals surface area contributed by atoms with Crippen molar-refractivity contribution in [3.05, 3.63) is 29.0 Å². The van der Waals surface area contributed by atoms with Crippen molar-refractivity contribution in [2.24, 2.45) is 5.92 Å². The number of hydrogen-bond acceptors (Lipinski definition) is 3. The molecule has 1 saturated carbocycles. The first kappa shape index (κ1) is 11.4. The number of hydrogen-bond donors (Lipinski definition) is 0. The van der Waals surface area contributed by atoms with Crippen LogP contribution in [0.25, 0.3) is 0 Å². The standard InChI is InChI=1S/C12H14ClNO2/c1-16-12(15)7-10(8-2-3-8)9-4-5-14-11(13)6-9/h4-6,8,10H,2-3,7H2,1H3/t10-/m0/s1. The molecule has 0 unspecified atom stereocenters. The third-order valence-electron chi connectivity index (χ3n) is 2.98. The van der Waals surface area contributed by atoms with Crippen LogP contribution in [-0.2, 0) is 9.53 Å². The Morgan fingerprint density at radius 1 is 1.69 bits per heavy atom. The largest absolute Gasteiger partial charge is 0.469 e. The van der Waals surface area contributed by atoms with E-state index in [-0.39, 0.29) is 11.9 Å². The van der Waals surface area contributed by atoms with Gasteiger partial charge in [0.2, 0.25) is 0 Å². The molecular formula is C12H14ClNO2. The zero-order chi connectivity index (χ0) is 11.5. The second-order valence-electron chi connectivity index (χ2n) is 4.14. The third-order valence-corrected chi connectivity index (χ3v) is 3.19. The first-order valence-electron chi connectivity index (χ1n) is 5.39. The summed E-state index contributed by atoms with van der Waals surface area (Å²) in [5, 5.41) is 0.480. The average molecular weight is 240 g/mol. The molecule has 0 aromatic carbocycles. The van der Waals surface area contributed by atoms with Crippen LogP contribution in [0.5, 0.6) is 0 Å². The summed E-state index contributed by atoms with van der Waals surface area (Å²) in [6, 6.07) is 3.77. The molecule has 2 rings (SSSR count). The molecule has 1 aliphatic rings. The van der Waals surface area contributed by atoms with Gasteiger partial charge in [-0.2, -0.15) is 0 Å². The number of nitrogens with zero attached hydrogens (tertiary/aromatic N) is 1. The molecule has 0 N–H and O–H groups in total. The molecule has 0 saturated heterocycles. The Morgan fingerprint density at radius 3 is 3.00 bits per heavy atom. The molecule has 0 spiro atoms. The van der Waals surface area contributed by atoms with Gasteiger partial charge in [0, 0.05) is 6.20 Å². The first-order valence-corrected chi connectivity index (χ1v) is 5.76. The van der Waals surface area contributed by atoms with E-state index in [9.17, 15) is 4.79 Å². The average Bonchev–Trinajstić information content (AvgIpc) is 3.09. The van der Waals surface area contributed by atoms with Crippen LogP contribution in [0.4, 0.5) is 0 Å². The Morgan fingerprint density at radius 2 is 2.44 bits per heavy atom. The summed E-state index contributed by atoms with van der Waals surface area (Å²) in [6.07, 6.45) is 4.48. The van der Waals surface area contributed by atoms with Gasteiger partial charge in [-0.3, -0.25) is 4.79 Å². The van der Waals surface area contributed by atoms with Gasteiger partial charge in [0.05, 0.1) is 13.5 Å². The highest BCUT2D eigenvalue weighted by molar-refractivity contribution is 6.29. The van der Waals surface area contributed by atoms with Crippen molar-refractivity contribution in [1.29, 1.82) is 0 Å². The Bertz CT molecular complexity index is 390. The topological polar surface area (TPSA) is 39.2 Å². The van der Waals surface area contributed by atoms with E-state index >= 15 is 0 Å². The van der Waals surface area contributed by atoms with Crippen LogP contribution in [0.1, 0.15) is 30.7 Å². The van der Waals surface area contributed by atoms with Gasteiger partial charge in [-0.1, -0.05) is 11.6 Å². The maximum Gasteiger partial charge on any atom is 0.306 e. The maximum absolute atomic E-state index is 11.3. The van der Waals surface area contributed by atoms with Crippen molar-refractivity contribution >= 4 is 17.6 Å². The molecule has 1 atom stereocenters. The quantitative estimate of drug-likeness (QED) is 0.599. The van der Waals surface area contributed by atoms with Crippen LogP contribution in [0, 0.1) is 5.92 Å². The lowest BCUT2D eigenvalue weighted by atomic mass is 9.92. The number of carbonyl (C=O) groups excluding carboxylic acids is 1. The number of ether oxygens (including phenoxy) is 1. The molecule has 0 amide bonds. The molecule has 1 fully saturated rings. The molecular weight excluding hydrogens is 226 g/mol. The zero-order valence-electron chi connectivity index (χ0n) is 9.15. The zero-order valence-corrected chi connectivity index (χ0v) is 9.91. The number of aromatic nitrogens is 1. The number of rotatable bonds is 4. The van der Waals surface area contributed by atoms with Crippen LogP contribution in [-0.4, -0.2) is 18.1 Å². The Hall–Kier alpha value is -1.09. The van der Waals surface area contributed by atoms with E-state index in [4.69, 9.17) is 16.3 Å². The molecule has 3 nitrogen and oxygen atoms in total. The van der Waals surface area contributed by atoms with Gasteiger partial charge in [-0.15, -0.1) is 0 Å². The van der Waals surface area contributed by atoms with E-state index in [0.29, 0.717) is 17.5 Å². The second kappa shape index (κ2) is 4.83. The molecule has 0 bridgehead atoms. The highest BCUT2D eigenvalue weighted by Gasteiger charge is 2.34. The van der Waals surface area contributed by atoms with E-state index in [1.807, 2.05) is 12.1 Å². The predicted octanol–water partition coefficient (Wildman–Crippen LogP) is 2.79. The van der Waals surface area contributed by atoms with E-state index in [1.165, 1.54) is 20.0 Å². The van der Waals surface area contributed by atoms with E-state index < -0.39 is 0 Å². The molecule has 86 valence electrons. The van der Waals surface area contributed by atoms with Crippen molar-refractivity contribution in [3.63, 3.8) is 0 Å². The van der Waals surface area contributed by atoms with Crippen molar-refractivity contribution in [2.75, 3.05) is 7.11 Å². The van der Waals surface area contributed by atoms with Crippen LogP contribution < -0.4 is 0 Å². The molecule has 1 aliphatic carbocycles. The second-order valence-corrected chi connectivity index (χ2v) is 4.52. The summed E-state index contributed by atoms with van der Waals surface area (Å²) in [5.41, 5.74) is 1.09. The van der Waals surface area contributed by atoms with Crippen molar-refractivity contribution in [1.82, 2.24) is 4.98 Å². The number of carbonyl (C=O) groups is 1. The van der Waals surface area contributed by atoms with Gasteiger partial charge in [-0.25, -0.2) is 4.98 Å². The lowest BCUT2D eigenvalue weighted by molar-refractivity contribution is -0.141. The molecule has 0 radical (unpaired) electrons. The molecule has 1 aromatic heterocycles. The minimum absolute atomic E-state index is 0.162. The lowest BCUT2D eigenvalue weighted by Gasteiger charge is -2.15. The van der Waals surface area contributed by atoms with Gasteiger partial charge in [-0.05, 0) is 42.4 Å². The summed E-state index contributed by atoms with van der Waals surface area (Å²) in [4.78, 5) is 15.3. The smallest absolute Gasteiger partial charge is 0.306 e. The highest BCUT2D eigenvalue weighted by atomic mass is 35.5. The van der Waals surface area contributed by atoms with Gasteiger partial charge >= 0.3 is 5.97 Å². The third kappa shape index (κ3) is 2.73. The molecule has 0 aliphatic heterocycles. The van der Waals surface area contributed by atoms with Gasteiger partial charge in [0.25, 0.3) is 0 Å². The van der Waals surface area contributed by atoms with E-state index in [2.05, 4.69) is 4.98 Å². The van der Waals surface area contributed by atoms with Crippen LogP contribution in [0.15, 0.2) is 18.3 Å². The van der Waals surface area contributed by atoms with Crippen molar-refractivity contribution < 1.29 is 9.53 Å². The SMILES string of the molecule is COC(=O)C[C@H](c1ccnc(Cl)c1)C1CC1. The van der Waals surface area contributed by atoms with E-state index in [1.54, 1.807) is 6.20 Å². The summed E-state index contributed by atoms with van der Waals surface area (Å²) >= 11 is 5.86. The maximum atomic E-state index is 11.3. The Balaban J connectivity index is 2.15. The molecule has 4 heteroatoms. The van der Waals surface area contributed by atoms with E-state index in [0.717, 1.165) is 5.56 Å². The predicted molar refractivity (Wildman–Crippen MR) is 61.3 cm³/mol. The summed E-state index contributed by atoms with van der Waals surface area (Å²) in [6.45, 7) is 0. The normalized spacial score (nSPS) is 16.9. The number of pyridine rings is 1. The molecule has 1 aromatic rings. The highest BCUT2D eigenvalue weighted by Crippen LogP contribution is 2.44. The van der Waals surface area contributed by atoms with Crippen molar-refractivity contribution in [3.8, 4) is 0 Å². The number of methoxy groups -OCH3 is 1. The summed E-state index contributed by atoms with van der Waals surface area (Å²) in [7, 11) is 1.42. The fourth-order valence-corrected chi connectivity index (χ4v) is 2.15. The van der Waals surface area contributed by atoms with Gasteiger partial charge < -0.3 is 4.74 Å². The summed E-state index contributed by atoms with van der Waals surface area (Å²) in [5.74, 6) is 0.662. The minimum Gasteiger partial charge on any atom is -0.469 e. The Labute approximate surface area is 99.8 Å². The van der Waals surface area contributed by atoms with Crippen LogP contribution in [0.3, 0.4) is 0 Å². The van der Waals surface area contributed by atoms with Gasteiger partial charge in [0.15, 0.2) is 0 Å². The first-order chi connectivity index (χ1) is 7.70. The lowest BCUT2D eigenvalue weighted by Crippen LogP contribution is -2.10. The molecule has 16 heavy (non-hydrogen) atoms. The fourth-order valence-electron chi connectivity index (χ4n) is 1.97. The minimum atomic E-state index is -0.162. The monoisotopic (exact) mass is 239 g/mol. The van der Waals surface area contributed by atoms with Crippen molar-refractivity contribution in [2.45, 2.75) is 25.2 Å². The fraction of sp³-hybridized carbons (Fsp3) is 0.500.